The molecule has 6 heteroatoms. The number of methoxy groups -OCH3 is 1. The van der Waals surface area contributed by atoms with Crippen LogP contribution in [0.4, 0.5) is 20.2 Å². The lowest BCUT2D eigenvalue weighted by Gasteiger charge is -2.14. The number of halogens is 3. The molecule has 2 aromatic carbocycles. The van der Waals surface area contributed by atoms with Crippen molar-refractivity contribution in [3.63, 3.8) is 0 Å². The van der Waals surface area contributed by atoms with Gasteiger partial charge in [-0.3, -0.25) is 0 Å². The number of ether oxygens (including phenoxy) is 1. The minimum atomic E-state index is -1.19. The van der Waals surface area contributed by atoms with E-state index in [2.05, 4.69) is 5.32 Å². The Morgan fingerprint density at radius 1 is 1.19 bits per heavy atom. The Labute approximate surface area is 125 Å². The van der Waals surface area contributed by atoms with Crippen LogP contribution in [0, 0.1) is 29.9 Å². The van der Waals surface area contributed by atoms with E-state index in [4.69, 9.17) is 21.6 Å². The highest BCUT2D eigenvalue weighted by Gasteiger charge is 2.15. The number of rotatable bonds is 3. The first-order valence-corrected chi connectivity index (χ1v) is 6.35. The van der Waals surface area contributed by atoms with Gasteiger partial charge in [-0.2, -0.15) is 5.26 Å². The molecule has 0 aliphatic carbocycles. The van der Waals surface area contributed by atoms with Crippen molar-refractivity contribution in [3.8, 4) is 11.8 Å². The maximum Gasteiger partial charge on any atom is 0.183 e. The molecule has 0 bridgehead atoms. The molecule has 2 rings (SSSR count). The summed E-state index contributed by atoms with van der Waals surface area (Å²) in [6, 6.07) is 7.32. The topological polar surface area (TPSA) is 45.0 Å². The van der Waals surface area contributed by atoms with E-state index in [0.29, 0.717) is 16.5 Å². The predicted octanol–water partition coefficient (Wildman–Crippen LogP) is 4.55. The average molecular weight is 309 g/mol. The Bertz CT molecular complexity index is 741. The Hall–Kier alpha value is -2.32. The fourth-order valence-electron chi connectivity index (χ4n) is 1.81. The fourth-order valence-corrected chi connectivity index (χ4v) is 1.96. The summed E-state index contributed by atoms with van der Waals surface area (Å²) in [5.41, 5.74) is 0.765. The van der Waals surface area contributed by atoms with E-state index in [1.54, 1.807) is 25.1 Å². The number of hydrogen-bond donors (Lipinski definition) is 1. The van der Waals surface area contributed by atoms with Gasteiger partial charge in [-0.25, -0.2) is 8.78 Å². The molecule has 0 fully saturated rings. The van der Waals surface area contributed by atoms with E-state index >= 15 is 0 Å². The number of anilines is 2. The van der Waals surface area contributed by atoms with Crippen molar-refractivity contribution in [2.45, 2.75) is 6.92 Å². The molecule has 0 radical (unpaired) electrons. The quantitative estimate of drug-likeness (QED) is 0.904. The molecule has 0 amide bonds. The van der Waals surface area contributed by atoms with Crippen LogP contribution >= 0.6 is 11.6 Å². The van der Waals surface area contributed by atoms with Crippen LogP contribution in [0.15, 0.2) is 24.3 Å². The van der Waals surface area contributed by atoms with Crippen molar-refractivity contribution in [2.75, 3.05) is 12.4 Å². The summed E-state index contributed by atoms with van der Waals surface area (Å²) in [5, 5.41) is 11.9. The second-order valence-corrected chi connectivity index (χ2v) is 4.73. The van der Waals surface area contributed by atoms with Crippen molar-refractivity contribution in [3.05, 3.63) is 52.0 Å². The zero-order chi connectivity index (χ0) is 15.6. The van der Waals surface area contributed by atoms with Crippen molar-refractivity contribution >= 4 is 23.0 Å². The normalized spacial score (nSPS) is 10.1. The molecular formula is C15H11ClF2N2O. The van der Waals surface area contributed by atoms with Gasteiger partial charge in [0.05, 0.1) is 24.0 Å². The molecule has 0 aromatic heterocycles. The molecular weight excluding hydrogens is 298 g/mol. The first kappa shape index (κ1) is 15.1. The number of benzene rings is 2. The van der Waals surface area contributed by atoms with Gasteiger partial charge in [0.25, 0.3) is 0 Å². The summed E-state index contributed by atoms with van der Waals surface area (Å²) in [6.45, 7) is 1.78. The molecule has 0 saturated heterocycles. The molecule has 0 unspecified atom stereocenters. The summed E-state index contributed by atoms with van der Waals surface area (Å²) in [7, 11) is 1.45. The Morgan fingerprint density at radius 3 is 2.52 bits per heavy atom. The van der Waals surface area contributed by atoms with E-state index in [0.717, 1.165) is 5.56 Å². The fraction of sp³-hybridized carbons (Fsp3) is 0.133. The van der Waals surface area contributed by atoms with Crippen LogP contribution in [-0.2, 0) is 0 Å². The first-order chi connectivity index (χ1) is 9.97. The number of nitriles is 1. The summed E-state index contributed by atoms with van der Waals surface area (Å²) in [6.07, 6.45) is 0. The third-order valence-corrected chi connectivity index (χ3v) is 3.36. The number of aryl methyl sites for hydroxylation is 1. The first-order valence-electron chi connectivity index (χ1n) is 5.97. The molecule has 0 atom stereocenters. The van der Waals surface area contributed by atoms with E-state index in [1.165, 1.54) is 19.2 Å². The molecule has 0 saturated carbocycles. The van der Waals surface area contributed by atoms with Gasteiger partial charge in [-0.1, -0.05) is 11.6 Å². The van der Waals surface area contributed by atoms with Gasteiger partial charge >= 0.3 is 0 Å². The molecule has 1 N–H and O–H groups in total. The summed E-state index contributed by atoms with van der Waals surface area (Å²) in [4.78, 5) is 0. The summed E-state index contributed by atoms with van der Waals surface area (Å²) in [5.74, 6) is -1.91. The van der Waals surface area contributed by atoms with E-state index in [1.807, 2.05) is 0 Å². The van der Waals surface area contributed by atoms with Crippen LogP contribution in [0.3, 0.4) is 0 Å². The lowest BCUT2D eigenvalue weighted by atomic mass is 10.1. The summed E-state index contributed by atoms with van der Waals surface area (Å²) >= 11 is 5.99. The van der Waals surface area contributed by atoms with Gasteiger partial charge < -0.3 is 10.1 Å². The number of hydrogen-bond acceptors (Lipinski definition) is 3. The lowest BCUT2D eigenvalue weighted by Crippen LogP contribution is -2.01. The van der Waals surface area contributed by atoms with Crippen molar-refractivity contribution in [1.29, 1.82) is 5.26 Å². The monoisotopic (exact) mass is 308 g/mol. The molecule has 108 valence electrons. The molecule has 2 aromatic rings. The lowest BCUT2D eigenvalue weighted by molar-refractivity contribution is 0.416. The zero-order valence-electron chi connectivity index (χ0n) is 11.3. The molecule has 0 spiro atoms. The molecule has 0 heterocycles. The maximum absolute atomic E-state index is 13.9. The Morgan fingerprint density at radius 2 is 1.90 bits per heavy atom. The largest absolute Gasteiger partial charge is 0.495 e. The van der Waals surface area contributed by atoms with E-state index in [9.17, 15) is 8.78 Å². The van der Waals surface area contributed by atoms with Gasteiger partial charge in [0.1, 0.15) is 11.8 Å². The van der Waals surface area contributed by atoms with Gasteiger partial charge in [-0.05, 0) is 30.7 Å². The second kappa shape index (κ2) is 5.98. The van der Waals surface area contributed by atoms with E-state index < -0.39 is 11.6 Å². The Balaban J connectivity index is 2.46. The van der Waals surface area contributed by atoms with Gasteiger partial charge in [-0.15, -0.1) is 0 Å². The zero-order valence-corrected chi connectivity index (χ0v) is 12.1. The van der Waals surface area contributed by atoms with Crippen LogP contribution in [0.1, 0.15) is 11.1 Å². The number of nitrogens with zero attached hydrogens (tertiary/aromatic N) is 1. The van der Waals surface area contributed by atoms with Crippen LogP contribution in [0.5, 0.6) is 5.75 Å². The van der Waals surface area contributed by atoms with E-state index in [-0.39, 0.29) is 11.3 Å². The minimum Gasteiger partial charge on any atom is -0.495 e. The molecule has 21 heavy (non-hydrogen) atoms. The molecule has 0 aliphatic heterocycles. The standard InChI is InChI=1S/C15H11ClF2N2O/c1-8-5-12(13(21-2)6-10(8)16)20-11-4-3-9(7-19)14(17)15(11)18/h3-6,20H,1-2H3. The second-order valence-electron chi connectivity index (χ2n) is 4.33. The van der Waals surface area contributed by atoms with Gasteiger partial charge in [0.2, 0.25) is 0 Å². The number of nitrogens with one attached hydrogen (secondary N) is 1. The van der Waals surface area contributed by atoms with Gasteiger partial charge in [0.15, 0.2) is 11.6 Å². The molecule has 3 nitrogen and oxygen atoms in total. The van der Waals surface area contributed by atoms with Crippen molar-refractivity contribution < 1.29 is 13.5 Å². The van der Waals surface area contributed by atoms with Crippen molar-refractivity contribution in [1.82, 2.24) is 0 Å². The third-order valence-electron chi connectivity index (χ3n) is 2.95. The minimum absolute atomic E-state index is 0.0912. The maximum atomic E-state index is 13.9. The van der Waals surface area contributed by atoms with Crippen LogP contribution in [0.25, 0.3) is 0 Å². The van der Waals surface area contributed by atoms with Gasteiger partial charge in [0, 0.05) is 11.1 Å². The van der Waals surface area contributed by atoms with Crippen LogP contribution < -0.4 is 10.1 Å². The van der Waals surface area contributed by atoms with Crippen LogP contribution in [-0.4, -0.2) is 7.11 Å². The average Bonchev–Trinajstić information content (AvgIpc) is 2.47. The molecule has 0 aliphatic rings. The predicted molar refractivity (Wildman–Crippen MR) is 77.1 cm³/mol. The smallest absolute Gasteiger partial charge is 0.183 e. The van der Waals surface area contributed by atoms with Crippen molar-refractivity contribution in [2.24, 2.45) is 0 Å². The highest BCUT2D eigenvalue weighted by Crippen LogP contribution is 2.34. The highest BCUT2D eigenvalue weighted by atomic mass is 35.5. The SMILES string of the molecule is COc1cc(Cl)c(C)cc1Nc1ccc(C#N)c(F)c1F. The Kier molecular flexibility index (Phi) is 4.29. The summed E-state index contributed by atoms with van der Waals surface area (Å²) < 4.78 is 32.6. The van der Waals surface area contributed by atoms with Crippen LogP contribution in [0.2, 0.25) is 5.02 Å². The third kappa shape index (κ3) is 2.91. The highest BCUT2D eigenvalue weighted by molar-refractivity contribution is 6.31.